The Balaban J connectivity index is 1.28. The highest BCUT2D eigenvalue weighted by molar-refractivity contribution is 5.83. The van der Waals surface area contributed by atoms with E-state index in [9.17, 15) is 4.79 Å². The molecule has 1 aliphatic carbocycles. The van der Waals surface area contributed by atoms with Crippen molar-refractivity contribution >= 4 is 11.7 Å². The van der Waals surface area contributed by atoms with Crippen LogP contribution in [0, 0.1) is 5.92 Å². The second-order valence-electron chi connectivity index (χ2n) is 6.59. The molecule has 6 nitrogen and oxygen atoms in total. The summed E-state index contributed by atoms with van der Waals surface area (Å²) in [6, 6.07) is 8.17. The Kier molecular flexibility index (Phi) is 4.11. The first kappa shape index (κ1) is 15.1. The lowest BCUT2D eigenvalue weighted by Crippen LogP contribution is -2.43. The number of amides is 1. The molecule has 0 aromatic carbocycles. The quantitative estimate of drug-likeness (QED) is 0.933. The van der Waals surface area contributed by atoms with E-state index < -0.39 is 0 Å². The number of nitrogens with zero attached hydrogens (tertiary/aromatic N) is 4. The molecule has 2 atom stereocenters. The van der Waals surface area contributed by atoms with Crippen LogP contribution in [0.5, 0.6) is 0 Å². The highest BCUT2D eigenvalue weighted by Gasteiger charge is 2.46. The number of nitrogens with one attached hydrogen (secondary N) is 1. The topological polar surface area (TPSA) is 71.0 Å². The third-order valence-corrected chi connectivity index (χ3v) is 4.95. The maximum Gasteiger partial charge on any atom is 0.226 e. The fraction of sp³-hybridized carbons (Fsp3) is 0.444. The van der Waals surface area contributed by atoms with Gasteiger partial charge in [0.05, 0.1) is 0 Å². The van der Waals surface area contributed by atoms with Crippen molar-refractivity contribution in [3.8, 4) is 0 Å². The van der Waals surface area contributed by atoms with Gasteiger partial charge in [0.2, 0.25) is 5.91 Å². The molecule has 0 bridgehead atoms. The summed E-state index contributed by atoms with van der Waals surface area (Å²) in [5.74, 6) is 1.63. The zero-order valence-electron chi connectivity index (χ0n) is 13.5. The van der Waals surface area contributed by atoms with Gasteiger partial charge >= 0.3 is 0 Å². The number of hydrogen-bond acceptors (Lipinski definition) is 5. The van der Waals surface area contributed by atoms with Crippen molar-refractivity contribution in [2.24, 2.45) is 5.92 Å². The Labute approximate surface area is 141 Å². The fourth-order valence-electron chi connectivity index (χ4n) is 3.50. The SMILES string of the molecule is O=C([C@@H]1C[C@@H]1c1cccnc1)N1CCC(Nc2cccnn2)CC1. The van der Waals surface area contributed by atoms with E-state index in [0.29, 0.717) is 17.9 Å². The summed E-state index contributed by atoms with van der Waals surface area (Å²) in [5.41, 5.74) is 1.19. The third kappa shape index (κ3) is 3.22. The van der Waals surface area contributed by atoms with Crippen LogP contribution < -0.4 is 5.32 Å². The molecular formula is C18H21N5O. The van der Waals surface area contributed by atoms with Crippen LogP contribution in [0.1, 0.15) is 30.7 Å². The van der Waals surface area contributed by atoms with Gasteiger partial charge < -0.3 is 10.2 Å². The molecular weight excluding hydrogens is 302 g/mol. The molecule has 2 fully saturated rings. The Bertz CT molecular complexity index is 685. The van der Waals surface area contributed by atoms with Gasteiger partial charge in [-0.1, -0.05) is 6.07 Å². The summed E-state index contributed by atoms with van der Waals surface area (Å²) in [6.45, 7) is 1.63. The first-order valence-corrected chi connectivity index (χ1v) is 8.54. The predicted molar refractivity (Wildman–Crippen MR) is 90.3 cm³/mol. The van der Waals surface area contributed by atoms with Gasteiger partial charge in [0.1, 0.15) is 5.82 Å². The second kappa shape index (κ2) is 6.55. The molecule has 1 N–H and O–H groups in total. The molecule has 124 valence electrons. The van der Waals surface area contributed by atoms with E-state index in [1.807, 2.05) is 29.3 Å². The van der Waals surface area contributed by atoms with Crippen molar-refractivity contribution < 1.29 is 4.79 Å². The van der Waals surface area contributed by atoms with E-state index in [1.54, 1.807) is 12.4 Å². The number of hydrogen-bond donors (Lipinski definition) is 1. The lowest BCUT2D eigenvalue weighted by Gasteiger charge is -2.32. The van der Waals surface area contributed by atoms with E-state index in [-0.39, 0.29) is 5.92 Å². The number of carbonyl (C=O) groups is 1. The molecule has 2 aliphatic rings. The minimum Gasteiger partial charge on any atom is -0.366 e. The van der Waals surface area contributed by atoms with Crippen molar-refractivity contribution in [3.05, 3.63) is 48.4 Å². The average Bonchev–Trinajstić information content (AvgIpc) is 3.44. The highest BCUT2D eigenvalue weighted by atomic mass is 16.2. The van der Waals surface area contributed by atoms with Crippen LogP contribution >= 0.6 is 0 Å². The summed E-state index contributed by atoms with van der Waals surface area (Å²) in [7, 11) is 0. The van der Waals surface area contributed by atoms with Crippen LogP contribution in [-0.4, -0.2) is 45.1 Å². The Hall–Kier alpha value is -2.50. The molecule has 1 saturated heterocycles. The molecule has 1 saturated carbocycles. The van der Waals surface area contributed by atoms with Crippen LogP contribution in [0.2, 0.25) is 0 Å². The van der Waals surface area contributed by atoms with Gasteiger partial charge in [-0.15, -0.1) is 5.10 Å². The molecule has 2 aromatic heterocycles. The van der Waals surface area contributed by atoms with Crippen molar-refractivity contribution in [2.45, 2.75) is 31.2 Å². The molecule has 2 aromatic rings. The lowest BCUT2D eigenvalue weighted by molar-refractivity contribution is -0.133. The highest BCUT2D eigenvalue weighted by Crippen LogP contribution is 2.48. The maximum atomic E-state index is 12.7. The zero-order valence-corrected chi connectivity index (χ0v) is 13.5. The normalized spacial score (nSPS) is 23.8. The molecule has 4 rings (SSSR count). The first-order valence-electron chi connectivity index (χ1n) is 8.54. The summed E-state index contributed by atoms with van der Waals surface area (Å²) in [4.78, 5) is 18.9. The van der Waals surface area contributed by atoms with Gasteiger partial charge in [0.15, 0.2) is 0 Å². The summed E-state index contributed by atoms with van der Waals surface area (Å²) < 4.78 is 0. The molecule has 3 heterocycles. The molecule has 0 unspecified atom stereocenters. The van der Waals surface area contributed by atoms with Gasteiger partial charge in [-0.25, -0.2) is 0 Å². The summed E-state index contributed by atoms with van der Waals surface area (Å²) >= 11 is 0. The van der Waals surface area contributed by atoms with Crippen LogP contribution in [0.15, 0.2) is 42.9 Å². The van der Waals surface area contributed by atoms with E-state index in [0.717, 1.165) is 38.2 Å². The van der Waals surface area contributed by atoms with E-state index in [1.165, 1.54) is 5.56 Å². The fourth-order valence-corrected chi connectivity index (χ4v) is 3.50. The number of carbonyl (C=O) groups excluding carboxylic acids is 1. The molecule has 24 heavy (non-hydrogen) atoms. The van der Waals surface area contributed by atoms with E-state index in [4.69, 9.17) is 0 Å². The van der Waals surface area contributed by atoms with Crippen LogP contribution in [0.3, 0.4) is 0 Å². The Morgan fingerprint density at radius 3 is 2.71 bits per heavy atom. The number of rotatable bonds is 4. The molecule has 1 amide bonds. The summed E-state index contributed by atoms with van der Waals surface area (Å²) in [6.07, 6.45) is 8.19. The minimum atomic E-state index is 0.152. The number of piperidine rings is 1. The van der Waals surface area contributed by atoms with Crippen LogP contribution in [-0.2, 0) is 4.79 Å². The van der Waals surface area contributed by atoms with Crippen molar-refractivity contribution in [3.63, 3.8) is 0 Å². The van der Waals surface area contributed by atoms with Gasteiger partial charge in [-0.3, -0.25) is 9.78 Å². The van der Waals surface area contributed by atoms with Gasteiger partial charge in [0.25, 0.3) is 0 Å². The number of pyridine rings is 1. The molecule has 6 heteroatoms. The number of likely N-dealkylation sites (tertiary alicyclic amines) is 1. The predicted octanol–water partition coefficient (Wildman–Crippen LogP) is 2.08. The number of anilines is 1. The Morgan fingerprint density at radius 1 is 1.17 bits per heavy atom. The van der Waals surface area contributed by atoms with E-state index >= 15 is 0 Å². The largest absolute Gasteiger partial charge is 0.366 e. The first-order chi connectivity index (χ1) is 11.8. The van der Waals surface area contributed by atoms with Gasteiger partial charge in [0, 0.05) is 43.6 Å². The third-order valence-electron chi connectivity index (χ3n) is 4.95. The van der Waals surface area contributed by atoms with Crippen molar-refractivity contribution in [2.75, 3.05) is 18.4 Å². The monoisotopic (exact) mass is 323 g/mol. The van der Waals surface area contributed by atoms with Crippen LogP contribution in [0.25, 0.3) is 0 Å². The maximum absolute atomic E-state index is 12.7. The molecule has 0 spiro atoms. The van der Waals surface area contributed by atoms with Gasteiger partial charge in [-0.05, 0) is 48.9 Å². The average molecular weight is 323 g/mol. The molecule has 0 radical (unpaired) electrons. The smallest absolute Gasteiger partial charge is 0.226 e. The number of aromatic nitrogens is 3. The van der Waals surface area contributed by atoms with Gasteiger partial charge in [-0.2, -0.15) is 5.10 Å². The zero-order chi connectivity index (χ0) is 16.4. The van der Waals surface area contributed by atoms with E-state index in [2.05, 4.69) is 26.6 Å². The minimum absolute atomic E-state index is 0.152. The molecule has 1 aliphatic heterocycles. The second-order valence-corrected chi connectivity index (χ2v) is 6.59. The van der Waals surface area contributed by atoms with Crippen molar-refractivity contribution in [1.82, 2.24) is 20.1 Å². The van der Waals surface area contributed by atoms with Crippen molar-refractivity contribution in [1.29, 1.82) is 0 Å². The lowest BCUT2D eigenvalue weighted by atomic mass is 10.0. The standard InChI is InChI=1S/C18H21N5O/c24-18(16-11-15(16)13-3-1-7-19-12-13)23-9-5-14(6-10-23)21-17-4-2-8-20-22-17/h1-4,7-8,12,14-16H,5-6,9-11H2,(H,21,22)/t15-,16-/m1/s1. The Morgan fingerprint density at radius 2 is 2.00 bits per heavy atom. The summed E-state index contributed by atoms with van der Waals surface area (Å²) in [5, 5.41) is 11.3. The van der Waals surface area contributed by atoms with Crippen LogP contribution in [0.4, 0.5) is 5.82 Å².